The molecule has 0 aromatic carbocycles. The first-order chi connectivity index (χ1) is 10.8. The third-order valence-electron chi connectivity index (χ3n) is 3.49. The SMILES string of the molecule is CCCCCO[C@@H]1C=C(C(=O)OCC)C[C@@H](OS(C)(=O)=O)[C@H]1N. The Bertz CT molecular complexity index is 516. The van der Waals surface area contributed by atoms with Crippen molar-refractivity contribution in [3.8, 4) is 0 Å². The molecule has 3 atom stereocenters. The van der Waals surface area contributed by atoms with Crippen LogP contribution < -0.4 is 5.73 Å². The van der Waals surface area contributed by atoms with Gasteiger partial charge in [0.15, 0.2) is 0 Å². The van der Waals surface area contributed by atoms with Crippen LogP contribution in [0.25, 0.3) is 0 Å². The zero-order valence-corrected chi connectivity index (χ0v) is 14.8. The molecule has 134 valence electrons. The van der Waals surface area contributed by atoms with Crippen molar-refractivity contribution in [1.82, 2.24) is 0 Å². The summed E-state index contributed by atoms with van der Waals surface area (Å²) in [4.78, 5) is 11.9. The summed E-state index contributed by atoms with van der Waals surface area (Å²) in [6, 6.07) is -0.662. The number of nitrogens with two attached hydrogens (primary N) is 1. The number of carbonyl (C=O) groups is 1. The van der Waals surface area contributed by atoms with Gasteiger partial charge in [-0.3, -0.25) is 4.18 Å². The van der Waals surface area contributed by atoms with E-state index in [-0.39, 0.29) is 13.0 Å². The number of hydrogen-bond acceptors (Lipinski definition) is 7. The molecule has 8 heteroatoms. The van der Waals surface area contributed by atoms with Crippen molar-refractivity contribution < 1.29 is 26.9 Å². The Labute approximate surface area is 138 Å². The molecule has 0 fully saturated rings. The fraction of sp³-hybridized carbons (Fsp3) is 0.800. The van der Waals surface area contributed by atoms with Gasteiger partial charge in [0.2, 0.25) is 0 Å². The molecule has 23 heavy (non-hydrogen) atoms. The lowest BCUT2D eigenvalue weighted by atomic mass is 9.90. The summed E-state index contributed by atoms with van der Waals surface area (Å²) in [5.74, 6) is -0.497. The van der Waals surface area contributed by atoms with Crippen molar-refractivity contribution in [3.05, 3.63) is 11.6 Å². The van der Waals surface area contributed by atoms with Crippen LogP contribution in [0.15, 0.2) is 11.6 Å². The standard InChI is InChI=1S/C15H27NO6S/c1-4-6-7-8-21-12-9-11(15(17)20-5-2)10-13(14(12)16)22-23(3,18)19/h9,12-14H,4-8,10,16H2,1-3H3/t12-,13-,14+/m1/s1. The second-order valence-corrected chi connectivity index (χ2v) is 7.18. The number of ether oxygens (including phenoxy) is 2. The molecule has 0 saturated heterocycles. The summed E-state index contributed by atoms with van der Waals surface area (Å²) in [5.41, 5.74) is 6.41. The quantitative estimate of drug-likeness (QED) is 0.378. The minimum Gasteiger partial charge on any atom is -0.463 e. The maximum Gasteiger partial charge on any atom is 0.333 e. The van der Waals surface area contributed by atoms with E-state index in [1.54, 1.807) is 13.0 Å². The van der Waals surface area contributed by atoms with Gasteiger partial charge in [-0.05, 0) is 19.4 Å². The van der Waals surface area contributed by atoms with E-state index in [0.717, 1.165) is 25.5 Å². The molecule has 1 rings (SSSR count). The largest absolute Gasteiger partial charge is 0.463 e. The highest BCUT2D eigenvalue weighted by Gasteiger charge is 2.36. The van der Waals surface area contributed by atoms with E-state index in [1.807, 2.05) is 0 Å². The Kier molecular flexibility index (Phi) is 8.18. The molecule has 0 heterocycles. The predicted molar refractivity (Wildman–Crippen MR) is 86.3 cm³/mol. The van der Waals surface area contributed by atoms with E-state index in [4.69, 9.17) is 19.4 Å². The van der Waals surface area contributed by atoms with E-state index < -0.39 is 34.3 Å². The highest BCUT2D eigenvalue weighted by Crippen LogP contribution is 2.25. The first-order valence-corrected chi connectivity index (χ1v) is 9.73. The molecule has 0 aliphatic heterocycles. The second kappa shape index (κ2) is 9.36. The fourth-order valence-corrected chi connectivity index (χ4v) is 3.02. The van der Waals surface area contributed by atoms with Gasteiger partial charge in [0.1, 0.15) is 0 Å². The molecule has 2 N–H and O–H groups in total. The molecule has 0 unspecified atom stereocenters. The molecule has 7 nitrogen and oxygen atoms in total. The van der Waals surface area contributed by atoms with Gasteiger partial charge in [-0.2, -0.15) is 8.42 Å². The van der Waals surface area contributed by atoms with Gasteiger partial charge >= 0.3 is 5.97 Å². The Morgan fingerprint density at radius 3 is 2.61 bits per heavy atom. The molecule has 0 aromatic rings. The smallest absolute Gasteiger partial charge is 0.333 e. The summed E-state index contributed by atoms with van der Waals surface area (Å²) in [5, 5.41) is 0. The molecule has 0 aromatic heterocycles. The van der Waals surface area contributed by atoms with Crippen LogP contribution >= 0.6 is 0 Å². The van der Waals surface area contributed by atoms with E-state index >= 15 is 0 Å². The molecule has 0 bridgehead atoms. The van der Waals surface area contributed by atoms with Gasteiger partial charge in [-0.25, -0.2) is 4.79 Å². The van der Waals surface area contributed by atoms with Crippen LogP contribution in [-0.2, 0) is 28.6 Å². The summed E-state index contributed by atoms with van der Waals surface area (Å²) in [7, 11) is -3.69. The molecule has 0 saturated carbocycles. The molecule has 0 spiro atoms. The summed E-state index contributed by atoms with van der Waals surface area (Å²) >= 11 is 0. The molecule has 1 aliphatic rings. The number of hydrogen-bond donors (Lipinski definition) is 1. The second-order valence-electron chi connectivity index (χ2n) is 5.58. The number of esters is 1. The van der Waals surface area contributed by atoms with Crippen LogP contribution in [-0.4, -0.2) is 52.1 Å². The zero-order valence-electron chi connectivity index (χ0n) is 14.0. The van der Waals surface area contributed by atoms with Gasteiger partial charge in [-0.1, -0.05) is 19.8 Å². The lowest BCUT2D eigenvalue weighted by molar-refractivity contribution is -0.139. The van der Waals surface area contributed by atoms with Crippen molar-refractivity contribution in [2.24, 2.45) is 5.73 Å². The van der Waals surface area contributed by atoms with E-state index in [9.17, 15) is 13.2 Å². The highest BCUT2D eigenvalue weighted by molar-refractivity contribution is 7.86. The number of rotatable bonds is 9. The van der Waals surface area contributed by atoms with Crippen LogP contribution in [0.4, 0.5) is 0 Å². The predicted octanol–water partition coefficient (Wildman–Crippen LogP) is 1.13. The summed E-state index contributed by atoms with van der Waals surface area (Å²) in [6.45, 7) is 4.52. The Balaban J connectivity index is 2.85. The van der Waals surface area contributed by atoms with Crippen molar-refractivity contribution in [2.75, 3.05) is 19.5 Å². The van der Waals surface area contributed by atoms with Crippen LogP contribution in [0.5, 0.6) is 0 Å². The average molecular weight is 349 g/mol. The molecule has 0 radical (unpaired) electrons. The first-order valence-electron chi connectivity index (χ1n) is 7.91. The fourth-order valence-electron chi connectivity index (χ4n) is 2.37. The average Bonchev–Trinajstić information content (AvgIpc) is 2.45. The van der Waals surface area contributed by atoms with Crippen LogP contribution in [0.3, 0.4) is 0 Å². The van der Waals surface area contributed by atoms with Crippen molar-refractivity contribution in [1.29, 1.82) is 0 Å². The van der Waals surface area contributed by atoms with Crippen molar-refractivity contribution in [2.45, 2.75) is 57.8 Å². The Morgan fingerprint density at radius 1 is 1.35 bits per heavy atom. The van der Waals surface area contributed by atoms with E-state index in [1.165, 1.54) is 0 Å². The van der Waals surface area contributed by atoms with Gasteiger partial charge < -0.3 is 15.2 Å². The number of unbranched alkanes of at least 4 members (excludes halogenated alkanes) is 2. The Hall–Kier alpha value is -0.960. The summed E-state index contributed by atoms with van der Waals surface area (Å²) in [6.07, 6.45) is 4.21. The molecule has 1 aliphatic carbocycles. The lowest BCUT2D eigenvalue weighted by Gasteiger charge is -2.33. The molecule has 0 amide bonds. The van der Waals surface area contributed by atoms with Crippen LogP contribution in [0, 0.1) is 0 Å². The Morgan fingerprint density at radius 2 is 2.04 bits per heavy atom. The normalized spacial score (nSPS) is 25.0. The maximum absolute atomic E-state index is 11.9. The minimum absolute atomic E-state index is 0.0852. The molecular weight excluding hydrogens is 322 g/mol. The van der Waals surface area contributed by atoms with Gasteiger partial charge in [-0.15, -0.1) is 0 Å². The van der Waals surface area contributed by atoms with Gasteiger partial charge in [0.25, 0.3) is 10.1 Å². The lowest BCUT2D eigenvalue weighted by Crippen LogP contribution is -2.50. The van der Waals surface area contributed by atoms with Gasteiger partial charge in [0.05, 0.1) is 31.1 Å². The van der Waals surface area contributed by atoms with Gasteiger partial charge in [0, 0.05) is 18.6 Å². The van der Waals surface area contributed by atoms with Crippen LogP contribution in [0.2, 0.25) is 0 Å². The van der Waals surface area contributed by atoms with E-state index in [2.05, 4.69) is 6.92 Å². The monoisotopic (exact) mass is 349 g/mol. The highest BCUT2D eigenvalue weighted by atomic mass is 32.2. The number of carbonyl (C=O) groups excluding carboxylic acids is 1. The summed E-state index contributed by atoms with van der Waals surface area (Å²) < 4.78 is 38.5. The van der Waals surface area contributed by atoms with Crippen LogP contribution in [0.1, 0.15) is 39.5 Å². The van der Waals surface area contributed by atoms with Crippen molar-refractivity contribution in [3.63, 3.8) is 0 Å². The third kappa shape index (κ3) is 6.99. The zero-order chi connectivity index (χ0) is 17.5. The topological polar surface area (TPSA) is 105 Å². The maximum atomic E-state index is 11.9. The van der Waals surface area contributed by atoms with Crippen molar-refractivity contribution >= 4 is 16.1 Å². The first kappa shape index (κ1) is 20.1. The third-order valence-corrected chi connectivity index (χ3v) is 4.09. The minimum atomic E-state index is -3.69. The van der Waals surface area contributed by atoms with E-state index in [0.29, 0.717) is 12.2 Å². The molecular formula is C15H27NO6S.